The van der Waals surface area contributed by atoms with Gasteiger partial charge in [0.2, 0.25) is 5.91 Å². The number of hydrogen-bond donors (Lipinski definition) is 1. The first kappa shape index (κ1) is 13.8. The monoisotopic (exact) mass is 338 g/mol. The minimum absolute atomic E-state index is 0.187. The zero-order valence-corrected chi connectivity index (χ0v) is 13.0. The Hall–Kier alpha value is -1.14. The average molecular weight is 339 g/mol. The van der Waals surface area contributed by atoms with Crippen LogP contribution in [0.15, 0.2) is 22.8 Å². The molecular formula is C14H19BrN4O. The van der Waals surface area contributed by atoms with Gasteiger partial charge in [0.05, 0.1) is 5.92 Å². The van der Waals surface area contributed by atoms with E-state index in [1.54, 1.807) is 0 Å². The van der Waals surface area contributed by atoms with Crippen LogP contribution in [-0.4, -0.2) is 55.1 Å². The van der Waals surface area contributed by atoms with Crippen molar-refractivity contribution in [2.45, 2.75) is 6.42 Å². The normalized spacial score (nSPS) is 23.1. The summed E-state index contributed by atoms with van der Waals surface area (Å²) in [7, 11) is 0. The van der Waals surface area contributed by atoms with E-state index in [1.807, 2.05) is 23.2 Å². The van der Waals surface area contributed by atoms with Crippen LogP contribution in [0.3, 0.4) is 0 Å². The Morgan fingerprint density at radius 3 is 2.70 bits per heavy atom. The third kappa shape index (κ3) is 2.96. The van der Waals surface area contributed by atoms with Crippen LogP contribution in [0.25, 0.3) is 0 Å². The molecule has 2 aliphatic heterocycles. The number of amides is 1. The van der Waals surface area contributed by atoms with Crippen molar-refractivity contribution in [2.75, 3.05) is 44.2 Å². The number of pyridine rings is 1. The Bertz CT molecular complexity index is 465. The van der Waals surface area contributed by atoms with E-state index < -0.39 is 0 Å². The smallest absolute Gasteiger partial charge is 0.227 e. The lowest BCUT2D eigenvalue weighted by molar-refractivity contribution is -0.135. The molecule has 0 spiro atoms. The van der Waals surface area contributed by atoms with Crippen molar-refractivity contribution in [3.63, 3.8) is 0 Å². The average Bonchev–Trinajstić information content (AvgIpc) is 3.02. The Kier molecular flexibility index (Phi) is 4.21. The van der Waals surface area contributed by atoms with Crippen LogP contribution < -0.4 is 10.2 Å². The van der Waals surface area contributed by atoms with Crippen LogP contribution in [0.5, 0.6) is 0 Å². The molecule has 5 nitrogen and oxygen atoms in total. The number of halogens is 1. The second kappa shape index (κ2) is 6.10. The molecule has 1 aromatic rings. The highest BCUT2D eigenvalue weighted by Crippen LogP contribution is 2.18. The molecule has 2 fully saturated rings. The van der Waals surface area contributed by atoms with Gasteiger partial charge in [-0.05, 0) is 41.0 Å². The van der Waals surface area contributed by atoms with E-state index in [0.29, 0.717) is 5.91 Å². The number of nitrogens with one attached hydrogen (secondary N) is 1. The van der Waals surface area contributed by atoms with E-state index >= 15 is 0 Å². The largest absolute Gasteiger partial charge is 0.353 e. The lowest BCUT2D eigenvalue weighted by atomic mass is 10.1. The number of anilines is 1. The van der Waals surface area contributed by atoms with Crippen LogP contribution in [0, 0.1) is 5.92 Å². The molecule has 1 aromatic heterocycles. The number of hydrogen-bond acceptors (Lipinski definition) is 4. The quantitative estimate of drug-likeness (QED) is 0.877. The number of piperazine rings is 1. The number of nitrogens with zero attached hydrogens (tertiary/aromatic N) is 3. The van der Waals surface area contributed by atoms with Crippen LogP contribution in [0.4, 0.5) is 5.82 Å². The third-order valence-corrected chi connectivity index (χ3v) is 4.51. The molecule has 20 heavy (non-hydrogen) atoms. The highest BCUT2D eigenvalue weighted by Gasteiger charge is 2.29. The maximum absolute atomic E-state index is 12.3. The Morgan fingerprint density at radius 1 is 1.30 bits per heavy atom. The lowest BCUT2D eigenvalue weighted by Gasteiger charge is -2.36. The predicted molar refractivity (Wildman–Crippen MR) is 81.7 cm³/mol. The number of aromatic nitrogens is 1. The minimum atomic E-state index is 0.187. The zero-order valence-electron chi connectivity index (χ0n) is 11.4. The predicted octanol–water partition coefficient (Wildman–Crippen LogP) is 1.10. The van der Waals surface area contributed by atoms with E-state index in [2.05, 4.69) is 31.1 Å². The van der Waals surface area contributed by atoms with Crippen molar-refractivity contribution >= 4 is 27.7 Å². The van der Waals surface area contributed by atoms with Crippen molar-refractivity contribution in [1.82, 2.24) is 15.2 Å². The van der Waals surface area contributed by atoms with Crippen molar-refractivity contribution in [3.8, 4) is 0 Å². The Labute approximate surface area is 127 Å². The molecule has 3 rings (SSSR count). The molecule has 0 aromatic carbocycles. The van der Waals surface area contributed by atoms with Gasteiger partial charge in [-0.3, -0.25) is 4.79 Å². The first-order valence-electron chi connectivity index (χ1n) is 7.10. The number of carbonyl (C=O) groups is 1. The van der Waals surface area contributed by atoms with Gasteiger partial charge < -0.3 is 15.1 Å². The molecule has 1 unspecified atom stereocenters. The molecule has 1 atom stereocenters. The molecule has 2 saturated heterocycles. The summed E-state index contributed by atoms with van der Waals surface area (Å²) < 4.78 is 0.990. The van der Waals surface area contributed by atoms with Gasteiger partial charge in [0.1, 0.15) is 5.82 Å². The van der Waals surface area contributed by atoms with Crippen LogP contribution in [0.1, 0.15) is 6.42 Å². The summed E-state index contributed by atoms with van der Waals surface area (Å²) in [6.45, 7) is 5.13. The second-order valence-electron chi connectivity index (χ2n) is 5.34. The van der Waals surface area contributed by atoms with Crippen LogP contribution >= 0.6 is 15.9 Å². The van der Waals surface area contributed by atoms with Crippen molar-refractivity contribution in [2.24, 2.45) is 5.92 Å². The number of rotatable bonds is 2. The molecular weight excluding hydrogens is 320 g/mol. The maximum atomic E-state index is 12.3. The SMILES string of the molecule is O=C(C1CCNC1)N1CCN(c2ccc(Br)cn2)CC1. The fourth-order valence-electron chi connectivity index (χ4n) is 2.83. The lowest BCUT2D eigenvalue weighted by Crippen LogP contribution is -2.50. The molecule has 1 amide bonds. The first-order chi connectivity index (χ1) is 9.74. The molecule has 2 aliphatic rings. The van der Waals surface area contributed by atoms with Crippen molar-refractivity contribution in [1.29, 1.82) is 0 Å². The zero-order chi connectivity index (χ0) is 13.9. The van der Waals surface area contributed by atoms with E-state index in [0.717, 1.165) is 56.0 Å². The summed E-state index contributed by atoms with van der Waals surface area (Å²) >= 11 is 3.40. The van der Waals surface area contributed by atoms with Gasteiger partial charge in [-0.1, -0.05) is 0 Å². The summed E-state index contributed by atoms with van der Waals surface area (Å²) in [6.07, 6.45) is 2.80. The van der Waals surface area contributed by atoms with Crippen LogP contribution in [0.2, 0.25) is 0 Å². The standard InChI is InChI=1S/C14H19BrN4O/c15-12-1-2-13(17-10-12)18-5-7-19(8-6-18)14(20)11-3-4-16-9-11/h1-2,10-11,16H,3-9H2. The van der Waals surface area contributed by atoms with Gasteiger partial charge in [0.15, 0.2) is 0 Å². The molecule has 1 N–H and O–H groups in total. The highest BCUT2D eigenvalue weighted by molar-refractivity contribution is 9.10. The van der Waals surface area contributed by atoms with Gasteiger partial charge in [-0.2, -0.15) is 0 Å². The third-order valence-electron chi connectivity index (χ3n) is 4.04. The van der Waals surface area contributed by atoms with E-state index in [-0.39, 0.29) is 5.92 Å². The van der Waals surface area contributed by atoms with Gasteiger partial charge in [0.25, 0.3) is 0 Å². The summed E-state index contributed by atoms with van der Waals surface area (Å²) in [6, 6.07) is 4.02. The van der Waals surface area contributed by atoms with Crippen molar-refractivity contribution in [3.05, 3.63) is 22.8 Å². The fourth-order valence-corrected chi connectivity index (χ4v) is 3.07. The Balaban J connectivity index is 1.56. The van der Waals surface area contributed by atoms with Gasteiger partial charge in [0, 0.05) is 43.4 Å². The second-order valence-corrected chi connectivity index (χ2v) is 6.25. The summed E-state index contributed by atoms with van der Waals surface area (Å²) in [5.74, 6) is 1.49. The van der Waals surface area contributed by atoms with Gasteiger partial charge >= 0.3 is 0 Å². The molecule has 0 bridgehead atoms. The highest BCUT2D eigenvalue weighted by atomic mass is 79.9. The molecule has 3 heterocycles. The van der Waals surface area contributed by atoms with E-state index in [1.165, 1.54) is 0 Å². The van der Waals surface area contributed by atoms with Gasteiger partial charge in [-0.15, -0.1) is 0 Å². The summed E-state index contributed by atoms with van der Waals surface area (Å²) in [4.78, 5) is 21.0. The minimum Gasteiger partial charge on any atom is -0.353 e. The topological polar surface area (TPSA) is 48.5 Å². The van der Waals surface area contributed by atoms with Gasteiger partial charge in [-0.25, -0.2) is 4.98 Å². The van der Waals surface area contributed by atoms with E-state index in [9.17, 15) is 4.79 Å². The maximum Gasteiger partial charge on any atom is 0.227 e. The van der Waals surface area contributed by atoms with Crippen LogP contribution in [-0.2, 0) is 4.79 Å². The molecule has 0 radical (unpaired) electrons. The fraction of sp³-hybridized carbons (Fsp3) is 0.571. The summed E-state index contributed by atoms with van der Waals surface area (Å²) in [5.41, 5.74) is 0. The first-order valence-corrected chi connectivity index (χ1v) is 7.89. The number of carbonyl (C=O) groups excluding carboxylic acids is 1. The molecule has 6 heteroatoms. The summed E-state index contributed by atoms with van der Waals surface area (Å²) in [5, 5.41) is 3.26. The molecule has 0 aliphatic carbocycles. The Morgan fingerprint density at radius 2 is 2.10 bits per heavy atom. The van der Waals surface area contributed by atoms with E-state index in [4.69, 9.17) is 0 Å². The molecule has 108 valence electrons. The molecule has 0 saturated carbocycles. The van der Waals surface area contributed by atoms with Crippen molar-refractivity contribution < 1.29 is 4.79 Å².